The summed E-state index contributed by atoms with van der Waals surface area (Å²) in [5, 5.41) is 6.90. The summed E-state index contributed by atoms with van der Waals surface area (Å²) in [6.45, 7) is 57.5. The molecule has 1 atom stereocenters. The van der Waals surface area contributed by atoms with Gasteiger partial charge in [0.1, 0.15) is 0 Å². The Bertz CT molecular complexity index is 5890. The van der Waals surface area contributed by atoms with Gasteiger partial charge < -0.3 is 47.2 Å². The molecule has 0 amide bonds. The Morgan fingerprint density at radius 3 is 1.02 bits per heavy atom. The molecule has 16 aromatic rings. The molecule has 1 aliphatic carbocycles. The third kappa shape index (κ3) is 24.1. The number of hydrogen-bond donors (Lipinski definition) is 2. The predicted octanol–water partition coefficient (Wildman–Crippen LogP) is 27.9. The summed E-state index contributed by atoms with van der Waals surface area (Å²) in [5.74, 6) is 4.62. The van der Waals surface area contributed by atoms with Gasteiger partial charge in [-0.1, -0.05) is 185 Å². The van der Waals surface area contributed by atoms with Crippen LogP contribution in [0.2, 0.25) is 0 Å². The molecule has 2 saturated heterocycles. The molecule has 18 heteroatoms. The molecule has 1 unspecified atom stereocenters. The second-order valence-electron chi connectivity index (χ2n) is 39.3. The average molecular weight is 1710 g/mol. The van der Waals surface area contributed by atoms with Crippen LogP contribution in [0.25, 0.3) is 88.3 Å². The zero-order chi connectivity index (χ0) is 90.9. The van der Waals surface area contributed by atoms with Crippen LogP contribution in [0.5, 0.6) is 0 Å². The molecule has 2 aliphatic heterocycles. The van der Waals surface area contributed by atoms with E-state index in [4.69, 9.17) is 0 Å². The molecule has 8 aromatic carbocycles. The first-order valence-corrected chi connectivity index (χ1v) is 47.9. The lowest BCUT2D eigenvalue weighted by Gasteiger charge is -2.24. The van der Waals surface area contributed by atoms with Crippen LogP contribution in [-0.2, 0) is 25.7 Å². The summed E-state index contributed by atoms with van der Waals surface area (Å²) in [5.41, 5.74) is 30.2. The van der Waals surface area contributed by atoms with E-state index in [1.54, 1.807) is 0 Å². The number of nitrogens with one attached hydrogen (secondary N) is 2. The van der Waals surface area contributed by atoms with E-state index in [-0.39, 0.29) is 5.54 Å². The van der Waals surface area contributed by atoms with Gasteiger partial charge in [-0.3, -0.25) is 0 Å². The van der Waals surface area contributed by atoms with Gasteiger partial charge in [-0.25, -0.2) is 39.9 Å². The van der Waals surface area contributed by atoms with E-state index in [1.807, 2.05) is 57.7 Å². The fourth-order valence-electron chi connectivity index (χ4n) is 17.4. The van der Waals surface area contributed by atoms with E-state index in [9.17, 15) is 0 Å². The van der Waals surface area contributed by atoms with Crippen molar-refractivity contribution in [1.29, 1.82) is 0 Å². The number of benzene rings is 8. The lowest BCUT2D eigenvalue weighted by molar-refractivity contribution is 0.359. The maximum Gasteiger partial charge on any atom is 0.0963 e. The molecule has 8 aromatic heterocycles. The molecular weight excluding hydrogens is 1560 g/mol. The largest absolute Gasteiger partial charge is 0.334 e. The maximum atomic E-state index is 4.56. The Hall–Kier alpha value is -10.6. The fraction of sp³-hybridized carbons (Fsp3) is 0.486. The Morgan fingerprint density at radius 2 is 0.622 bits per heavy atom. The Kier molecular flexibility index (Phi) is 33.1. The van der Waals surface area contributed by atoms with Gasteiger partial charge in [0.05, 0.1) is 139 Å². The topological polar surface area (TPSA) is 167 Å². The zero-order valence-electron chi connectivity index (χ0n) is 81.4. The predicted molar refractivity (Wildman–Crippen MR) is 537 cm³/mol. The van der Waals surface area contributed by atoms with Gasteiger partial charge in [-0.2, -0.15) is 0 Å². The third-order valence-corrected chi connectivity index (χ3v) is 25.8. The van der Waals surface area contributed by atoms with Crippen LogP contribution < -0.4 is 10.6 Å². The first-order valence-electron chi connectivity index (χ1n) is 47.9. The van der Waals surface area contributed by atoms with Crippen molar-refractivity contribution in [3.63, 3.8) is 0 Å². The highest BCUT2D eigenvalue weighted by molar-refractivity contribution is 5.82. The summed E-state index contributed by atoms with van der Waals surface area (Å²) in [6, 6.07) is 55.0. The molecule has 0 bridgehead atoms. The summed E-state index contributed by atoms with van der Waals surface area (Å²) in [4.78, 5) is 35.5. The van der Waals surface area contributed by atoms with Crippen LogP contribution in [0.3, 0.4) is 0 Å². The van der Waals surface area contributed by atoms with Crippen molar-refractivity contribution in [2.45, 2.75) is 314 Å². The van der Waals surface area contributed by atoms with E-state index in [0.717, 1.165) is 89.8 Å². The van der Waals surface area contributed by atoms with Gasteiger partial charge in [-0.15, -0.1) is 0 Å². The number of nitrogens with zero attached hydrogens (tertiary/aromatic N) is 16. The molecular formula is C109H150N18. The van der Waals surface area contributed by atoms with Gasteiger partial charge >= 0.3 is 0 Å². The normalized spacial score (nSPS) is 14.7. The monoisotopic (exact) mass is 1710 g/mol. The Morgan fingerprint density at radius 1 is 0.307 bits per heavy atom. The van der Waals surface area contributed by atoms with Crippen molar-refractivity contribution >= 4 is 88.3 Å². The lowest BCUT2D eigenvalue weighted by Crippen LogP contribution is -2.31. The molecule has 10 heterocycles. The van der Waals surface area contributed by atoms with Crippen LogP contribution in [0, 0.1) is 0 Å². The number of fused-ring (bicyclic) bond motifs is 8. The van der Waals surface area contributed by atoms with Crippen LogP contribution in [0.15, 0.2) is 196 Å². The molecule has 676 valence electrons. The quantitative estimate of drug-likeness (QED) is 0.101. The minimum Gasteiger partial charge on any atom is -0.334 e. The number of hydrogen-bond acceptors (Lipinski definition) is 10. The van der Waals surface area contributed by atoms with Crippen molar-refractivity contribution in [2.24, 2.45) is 7.05 Å². The molecule has 2 N–H and O–H groups in total. The number of aromatic nitrogens is 16. The molecule has 3 aliphatic rings. The fourth-order valence-corrected chi connectivity index (χ4v) is 17.4. The summed E-state index contributed by atoms with van der Waals surface area (Å²) in [6.07, 6.45) is 28.5. The smallest absolute Gasteiger partial charge is 0.0963 e. The van der Waals surface area contributed by atoms with Crippen LogP contribution in [0.4, 0.5) is 0 Å². The van der Waals surface area contributed by atoms with Gasteiger partial charge in [0.2, 0.25) is 0 Å². The first-order chi connectivity index (χ1) is 60.9. The highest BCUT2D eigenvalue weighted by atomic mass is 15.1. The van der Waals surface area contributed by atoms with Gasteiger partial charge in [-0.05, 0) is 295 Å². The number of aryl methyl sites for hydroxylation is 3. The average Bonchev–Trinajstić information content (AvgIpc) is 1.66. The summed E-state index contributed by atoms with van der Waals surface area (Å²) < 4.78 is 18.1. The SMILES string of the molecule is CC(C)c1ccc2ncn(C(C)(C)C)c2c1.CC(C)c1ccc2ncn(C(C)C)c2c1.CC(C)c1ccc2ncn(C)c2c1.CC(C)c1ccc2ncn(C3CCCCC3)c2c1.CC(C)c1ccc2ncn(C3CCCNC3)c2c1.CC(C)c1ccc2ncn(C3CCNCC3)c2c1.CCCn1cnc2ccc(C(C)C)cc21.CCn1cnc2ccc(C(C)C)cc21. The second kappa shape index (κ2) is 44.0. The van der Waals surface area contributed by atoms with Crippen LogP contribution in [-0.4, -0.2) is 103 Å². The summed E-state index contributed by atoms with van der Waals surface area (Å²) in [7, 11) is 2.03. The summed E-state index contributed by atoms with van der Waals surface area (Å²) >= 11 is 0. The van der Waals surface area contributed by atoms with Crippen molar-refractivity contribution in [2.75, 3.05) is 26.2 Å². The molecule has 1 saturated carbocycles. The number of piperidine rings is 2. The van der Waals surface area contributed by atoms with E-state index in [2.05, 4.69) is 392 Å². The first kappa shape index (κ1) is 95.5. The molecule has 0 spiro atoms. The van der Waals surface area contributed by atoms with Crippen molar-refractivity contribution < 1.29 is 0 Å². The van der Waals surface area contributed by atoms with Gasteiger partial charge in [0.25, 0.3) is 0 Å². The van der Waals surface area contributed by atoms with Gasteiger partial charge in [0, 0.05) is 56.4 Å². The van der Waals surface area contributed by atoms with E-state index in [1.165, 1.54) is 146 Å². The standard InChI is InChI=1S/C16H22N2.2C15H21N3.C14H20N2.2C13H18N2.C12H16N2.C11H14N2/c1-12(2)13-8-9-15-16(10-13)18(11-17-15)14-6-4-3-5-7-14;1-11(2)12-3-4-14-15(9-12)18(10-17-14)13-5-7-16-8-6-13;1-11(2)12-5-6-14-15(8-12)18(10-17-14)13-4-3-7-16-9-13;1-10(2)11-6-7-12-13(8-11)16(9-15-12)14(3,4)5;1-9(2)11-5-6-12-13(7-11)15(8-14-12)10(3)4;1-4-7-15-9-14-12-6-5-11(10(2)3)8-13(12)15;1-4-14-8-13-11-6-5-10(9(2)3)7-12(11)14;1-8(2)9-4-5-10-11(6-9)13(3)7-12-10/h8-12,14H,3-7H2,1-2H3;3-4,9-11,13,16H,5-8H2,1-2H3;5-6,8,10-11,13,16H,3-4,7,9H2,1-2H3;6-10H,1-5H3;5-10H,1-4H3;5-6,8-10H,4,7H2,1-3H3;5-9H,4H2,1-3H3;4-8H,1-3H3. The zero-order valence-corrected chi connectivity index (χ0v) is 81.4. The van der Waals surface area contributed by atoms with Gasteiger partial charge in [0.15, 0.2) is 0 Å². The lowest BCUT2D eigenvalue weighted by atomic mass is 9.95. The Labute approximate surface area is 758 Å². The second-order valence-corrected chi connectivity index (χ2v) is 39.3. The Balaban J connectivity index is 0.000000132. The maximum absolute atomic E-state index is 4.56. The van der Waals surface area contributed by atoms with Crippen LogP contribution >= 0.6 is 0 Å². The van der Waals surface area contributed by atoms with Crippen LogP contribution in [0.1, 0.15) is 339 Å². The van der Waals surface area contributed by atoms with Crippen molar-refractivity contribution in [3.05, 3.63) is 241 Å². The molecule has 3 fully saturated rings. The minimum atomic E-state index is 0.0877. The number of imidazole rings is 8. The molecule has 127 heavy (non-hydrogen) atoms. The molecule has 18 nitrogen and oxygen atoms in total. The third-order valence-electron chi connectivity index (χ3n) is 25.8. The highest BCUT2D eigenvalue weighted by Crippen LogP contribution is 2.35. The molecule has 0 radical (unpaired) electrons. The van der Waals surface area contributed by atoms with E-state index >= 15 is 0 Å². The van der Waals surface area contributed by atoms with E-state index in [0.29, 0.717) is 71.5 Å². The molecule has 19 rings (SSSR count). The number of rotatable bonds is 15. The van der Waals surface area contributed by atoms with E-state index < -0.39 is 0 Å². The minimum absolute atomic E-state index is 0.0877. The van der Waals surface area contributed by atoms with Crippen molar-refractivity contribution in [1.82, 2.24) is 87.0 Å². The van der Waals surface area contributed by atoms with Crippen molar-refractivity contribution in [3.8, 4) is 0 Å². The highest BCUT2D eigenvalue weighted by Gasteiger charge is 2.23.